The molecule has 10 heteroatoms. The molecule has 1 fully saturated rings. The maximum absolute atomic E-state index is 13.6. The van der Waals surface area contributed by atoms with E-state index in [4.69, 9.17) is 11.6 Å². The first-order valence-corrected chi connectivity index (χ1v) is 10.9. The van der Waals surface area contributed by atoms with Gasteiger partial charge in [-0.1, -0.05) is 36.4 Å². The molecule has 0 bridgehead atoms. The second-order valence-corrected chi connectivity index (χ2v) is 8.35. The van der Waals surface area contributed by atoms with Gasteiger partial charge in [0, 0.05) is 41.6 Å². The van der Waals surface area contributed by atoms with Gasteiger partial charge in [-0.2, -0.15) is 18.4 Å². The van der Waals surface area contributed by atoms with Gasteiger partial charge in [-0.3, -0.25) is 4.90 Å². The molecule has 1 aromatic heterocycles. The molecule has 0 saturated carbocycles. The van der Waals surface area contributed by atoms with Crippen LogP contribution >= 0.6 is 11.6 Å². The van der Waals surface area contributed by atoms with E-state index in [2.05, 4.69) is 22.6 Å². The van der Waals surface area contributed by atoms with Gasteiger partial charge in [0.15, 0.2) is 0 Å². The quantitative estimate of drug-likeness (QED) is 0.517. The molecular formula is C24H21ClF3N5O. The number of aliphatic hydroxyl groups excluding tert-OH is 1. The molecule has 0 spiro atoms. The van der Waals surface area contributed by atoms with E-state index in [-0.39, 0.29) is 28.6 Å². The number of halogens is 4. The molecule has 176 valence electrons. The fraction of sp³-hybridized carbons (Fsp3) is 0.292. The van der Waals surface area contributed by atoms with Crippen molar-refractivity contribution in [3.63, 3.8) is 0 Å². The number of hydrogen-bond donors (Lipinski definition) is 1. The Bertz CT molecular complexity index is 1260. The third kappa shape index (κ3) is 4.57. The van der Waals surface area contributed by atoms with Crippen molar-refractivity contribution in [3.05, 3.63) is 66.0 Å². The summed E-state index contributed by atoms with van der Waals surface area (Å²) in [4.78, 5) is 12.5. The Labute approximate surface area is 199 Å². The van der Waals surface area contributed by atoms with Crippen molar-refractivity contribution in [1.29, 1.82) is 5.26 Å². The van der Waals surface area contributed by atoms with Crippen molar-refractivity contribution in [1.82, 2.24) is 14.9 Å². The van der Waals surface area contributed by atoms with Gasteiger partial charge < -0.3 is 10.0 Å². The van der Waals surface area contributed by atoms with Crippen LogP contribution in [-0.2, 0) is 6.18 Å². The highest BCUT2D eigenvalue weighted by Gasteiger charge is 2.34. The van der Waals surface area contributed by atoms with E-state index in [1.54, 1.807) is 11.0 Å². The average molecular weight is 488 g/mol. The molecule has 1 aliphatic heterocycles. The molecule has 2 aromatic carbocycles. The number of benzene rings is 2. The molecule has 3 aromatic rings. The Morgan fingerprint density at radius 1 is 1.24 bits per heavy atom. The second-order valence-electron chi connectivity index (χ2n) is 7.94. The van der Waals surface area contributed by atoms with E-state index in [0.29, 0.717) is 36.4 Å². The van der Waals surface area contributed by atoms with Crippen LogP contribution < -0.4 is 4.90 Å². The van der Waals surface area contributed by atoms with Crippen LogP contribution in [0.2, 0.25) is 5.02 Å². The lowest BCUT2D eigenvalue weighted by molar-refractivity contribution is -0.137. The average Bonchev–Trinajstić information content (AvgIpc) is 2.82. The molecule has 1 aliphatic rings. The molecule has 1 saturated heterocycles. The summed E-state index contributed by atoms with van der Waals surface area (Å²) in [7, 11) is 0. The van der Waals surface area contributed by atoms with Gasteiger partial charge in [-0.25, -0.2) is 9.97 Å². The minimum Gasteiger partial charge on any atom is -0.375 e. The zero-order chi connectivity index (χ0) is 24.5. The molecule has 6 nitrogen and oxygen atoms in total. The summed E-state index contributed by atoms with van der Waals surface area (Å²) in [5.74, 6) is 0.568. The number of nitriles is 1. The van der Waals surface area contributed by atoms with Crippen LogP contribution in [-0.4, -0.2) is 51.9 Å². The lowest BCUT2D eigenvalue weighted by Gasteiger charge is -2.42. The van der Waals surface area contributed by atoms with Crippen LogP contribution in [0, 0.1) is 11.3 Å². The first-order chi connectivity index (χ1) is 16.2. The highest BCUT2D eigenvalue weighted by molar-refractivity contribution is 6.34. The van der Waals surface area contributed by atoms with E-state index >= 15 is 0 Å². The van der Waals surface area contributed by atoms with Crippen molar-refractivity contribution in [2.75, 3.05) is 24.5 Å². The summed E-state index contributed by atoms with van der Waals surface area (Å²) in [6.07, 6.45) is -2.43. The molecule has 0 amide bonds. The number of rotatable bonds is 5. The van der Waals surface area contributed by atoms with Crippen LogP contribution in [0.15, 0.2) is 55.4 Å². The van der Waals surface area contributed by atoms with Gasteiger partial charge in [0.2, 0.25) is 0 Å². The SMILES string of the molecule is C=CC(O)N1CCN(c2ncnc3cc(-c4ccccc4C(F)(F)F)c(Cl)cc23)CC1CC#N. The summed E-state index contributed by atoms with van der Waals surface area (Å²) < 4.78 is 40.7. The summed E-state index contributed by atoms with van der Waals surface area (Å²) in [6.45, 7) is 5.01. The number of aliphatic hydroxyl groups is 1. The number of aromatic nitrogens is 2. The predicted molar refractivity (Wildman–Crippen MR) is 124 cm³/mol. The molecule has 0 radical (unpaired) electrons. The summed E-state index contributed by atoms with van der Waals surface area (Å²) in [5.41, 5.74) is -0.121. The zero-order valence-electron chi connectivity index (χ0n) is 18.0. The van der Waals surface area contributed by atoms with Gasteiger partial charge in [0.05, 0.1) is 23.6 Å². The topological polar surface area (TPSA) is 76.3 Å². The highest BCUT2D eigenvalue weighted by atomic mass is 35.5. The standard InChI is InChI=1S/C24H21ClF3N5O/c1-2-22(34)33-10-9-32(13-15(33)7-8-29)23-18-11-20(25)17(12-21(18)30-14-31-23)16-5-3-4-6-19(16)24(26,27)28/h2-6,11-12,14-15,22,34H,1,7,9-10,13H2. The number of fused-ring (bicyclic) bond motifs is 1. The van der Waals surface area contributed by atoms with Crippen molar-refractivity contribution in [2.45, 2.75) is 24.9 Å². The number of anilines is 1. The second kappa shape index (κ2) is 9.58. The first kappa shape index (κ1) is 24.0. The number of nitrogens with zero attached hydrogens (tertiary/aromatic N) is 5. The molecule has 0 aliphatic carbocycles. The number of alkyl halides is 3. The van der Waals surface area contributed by atoms with Crippen molar-refractivity contribution in [2.24, 2.45) is 0 Å². The summed E-state index contributed by atoms with van der Waals surface area (Å²) in [6, 6.07) is 10.3. The minimum absolute atomic E-state index is 0.0248. The third-order valence-corrected chi connectivity index (χ3v) is 6.24. The lowest BCUT2D eigenvalue weighted by atomic mass is 9.98. The van der Waals surface area contributed by atoms with Crippen LogP contribution in [0.25, 0.3) is 22.0 Å². The monoisotopic (exact) mass is 487 g/mol. The Morgan fingerprint density at radius 2 is 2.00 bits per heavy atom. The van der Waals surface area contributed by atoms with Crippen LogP contribution in [0.4, 0.5) is 19.0 Å². The van der Waals surface area contributed by atoms with Crippen LogP contribution in [0.1, 0.15) is 12.0 Å². The molecule has 2 atom stereocenters. The Balaban J connectivity index is 1.75. The van der Waals surface area contributed by atoms with E-state index < -0.39 is 18.0 Å². The van der Waals surface area contributed by atoms with Crippen LogP contribution in [0.5, 0.6) is 0 Å². The van der Waals surface area contributed by atoms with Crippen molar-refractivity contribution < 1.29 is 18.3 Å². The normalized spacial score (nSPS) is 18.0. The molecule has 34 heavy (non-hydrogen) atoms. The summed E-state index contributed by atoms with van der Waals surface area (Å²) >= 11 is 6.50. The van der Waals surface area contributed by atoms with Gasteiger partial charge in [-0.05, 0) is 29.8 Å². The predicted octanol–water partition coefficient (Wildman–Crippen LogP) is 4.88. The van der Waals surface area contributed by atoms with Crippen LogP contribution in [0.3, 0.4) is 0 Å². The molecular weight excluding hydrogens is 467 g/mol. The maximum Gasteiger partial charge on any atom is 0.417 e. The third-order valence-electron chi connectivity index (χ3n) is 5.93. The Hall–Kier alpha value is -3.19. The fourth-order valence-electron chi connectivity index (χ4n) is 4.32. The molecule has 1 N–H and O–H groups in total. The highest BCUT2D eigenvalue weighted by Crippen LogP contribution is 2.41. The van der Waals surface area contributed by atoms with E-state index in [9.17, 15) is 23.5 Å². The smallest absolute Gasteiger partial charge is 0.375 e. The van der Waals surface area contributed by atoms with E-state index in [0.717, 1.165) is 6.07 Å². The maximum atomic E-state index is 13.6. The molecule has 2 heterocycles. The van der Waals surface area contributed by atoms with E-state index in [1.807, 2.05) is 4.90 Å². The summed E-state index contributed by atoms with van der Waals surface area (Å²) in [5, 5.41) is 20.2. The van der Waals surface area contributed by atoms with Crippen molar-refractivity contribution in [3.8, 4) is 17.2 Å². The van der Waals surface area contributed by atoms with E-state index in [1.165, 1.54) is 36.7 Å². The van der Waals surface area contributed by atoms with Gasteiger partial charge in [-0.15, -0.1) is 0 Å². The van der Waals surface area contributed by atoms with Gasteiger partial charge >= 0.3 is 6.18 Å². The number of hydrogen-bond acceptors (Lipinski definition) is 6. The molecule has 4 rings (SSSR count). The van der Waals surface area contributed by atoms with Gasteiger partial charge in [0.25, 0.3) is 0 Å². The lowest BCUT2D eigenvalue weighted by Crippen LogP contribution is -2.56. The van der Waals surface area contributed by atoms with Gasteiger partial charge in [0.1, 0.15) is 18.4 Å². The fourth-order valence-corrected chi connectivity index (χ4v) is 4.58. The first-order valence-electron chi connectivity index (χ1n) is 10.5. The van der Waals surface area contributed by atoms with Crippen molar-refractivity contribution >= 4 is 28.3 Å². The molecule has 2 unspecified atom stereocenters. The largest absolute Gasteiger partial charge is 0.417 e. The zero-order valence-corrected chi connectivity index (χ0v) is 18.8. The Kier molecular flexibility index (Phi) is 6.75. The number of piperazine rings is 1. The minimum atomic E-state index is -4.53. The Morgan fingerprint density at radius 3 is 2.71 bits per heavy atom.